The molecule has 2 fully saturated rings. The van der Waals surface area contributed by atoms with Gasteiger partial charge in [0.2, 0.25) is 0 Å². The predicted octanol–water partition coefficient (Wildman–Crippen LogP) is 5.13. The zero-order valence-electron chi connectivity index (χ0n) is 14.3. The average Bonchev–Trinajstić information content (AvgIpc) is 3.37. The summed E-state index contributed by atoms with van der Waals surface area (Å²) < 4.78 is 25.1. The summed E-state index contributed by atoms with van der Waals surface area (Å²) in [4.78, 5) is 0. The molecule has 1 aromatic carbocycles. The molecule has 0 radical (unpaired) electrons. The second-order valence-electron chi connectivity index (χ2n) is 7.03. The lowest BCUT2D eigenvalue weighted by Crippen LogP contribution is -2.41. The minimum absolute atomic E-state index is 0.0373. The summed E-state index contributed by atoms with van der Waals surface area (Å²) in [5.41, 5.74) is 2.21. The fraction of sp³-hybridized carbons (Fsp3) is 0.526. The molecule has 1 aliphatic heterocycles. The van der Waals surface area contributed by atoms with Crippen molar-refractivity contribution < 1.29 is 13.7 Å². The summed E-state index contributed by atoms with van der Waals surface area (Å²) >= 11 is 12.7. The highest BCUT2D eigenvalue weighted by Gasteiger charge is 2.33. The van der Waals surface area contributed by atoms with E-state index in [1.165, 1.54) is 0 Å². The maximum absolute atomic E-state index is 13.5. The van der Waals surface area contributed by atoms with Crippen molar-refractivity contribution in [2.75, 3.05) is 13.2 Å². The highest BCUT2D eigenvalue weighted by atomic mass is 35.5. The number of nitrogens with one attached hydrogen (secondary N) is 1. The maximum Gasteiger partial charge on any atom is 0.145 e. The molecule has 1 aliphatic carbocycles. The van der Waals surface area contributed by atoms with Crippen LogP contribution in [0.4, 0.5) is 4.39 Å². The smallest absolute Gasteiger partial charge is 0.145 e. The molecular weight excluding hydrogens is 378 g/mol. The molecule has 2 aromatic rings. The van der Waals surface area contributed by atoms with E-state index in [9.17, 15) is 4.39 Å². The van der Waals surface area contributed by atoms with Gasteiger partial charge in [0.1, 0.15) is 17.6 Å². The third-order valence-electron chi connectivity index (χ3n) is 4.96. The molecule has 140 valence electrons. The van der Waals surface area contributed by atoms with Crippen LogP contribution in [0, 0.1) is 0 Å². The molecule has 2 aliphatic rings. The van der Waals surface area contributed by atoms with E-state index >= 15 is 0 Å². The van der Waals surface area contributed by atoms with E-state index < -0.39 is 6.17 Å². The lowest BCUT2D eigenvalue weighted by molar-refractivity contribution is 0.0766. The molecule has 4 rings (SSSR count). The maximum atomic E-state index is 13.5. The number of halogens is 3. The number of hydrogen-bond donors (Lipinski definition) is 1. The van der Waals surface area contributed by atoms with E-state index in [0.29, 0.717) is 59.8 Å². The Balaban J connectivity index is 1.53. The van der Waals surface area contributed by atoms with Gasteiger partial charge in [-0.1, -0.05) is 34.4 Å². The highest BCUT2D eigenvalue weighted by Crippen LogP contribution is 2.46. The quantitative estimate of drug-likeness (QED) is 0.732. The SMILES string of the molecule is FC1CCNC(COCc2c(-c3c(Cl)cccc3Cl)noc2C2CC2)C1. The Morgan fingerprint density at radius 1 is 1.23 bits per heavy atom. The molecule has 2 atom stereocenters. The first-order valence-corrected chi connectivity index (χ1v) is 9.77. The summed E-state index contributed by atoms with van der Waals surface area (Å²) in [6.07, 6.45) is 2.49. The number of piperidine rings is 1. The van der Waals surface area contributed by atoms with E-state index in [1.807, 2.05) is 0 Å². The van der Waals surface area contributed by atoms with Gasteiger partial charge in [-0.2, -0.15) is 0 Å². The Morgan fingerprint density at radius 3 is 2.69 bits per heavy atom. The van der Waals surface area contributed by atoms with E-state index in [-0.39, 0.29) is 6.04 Å². The van der Waals surface area contributed by atoms with Crippen molar-refractivity contribution in [2.45, 2.75) is 50.4 Å². The molecule has 1 aromatic heterocycles. The van der Waals surface area contributed by atoms with E-state index in [4.69, 9.17) is 32.5 Å². The van der Waals surface area contributed by atoms with Gasteiger partial charge in [0.15, 0.2) is 0 Å². The standard InChI is InChI=1S/C19H21Cl2FN2O2/c20-15-2-1-3-16(21)17(15)18-14(19(26-24-18)11-4-5-11)10-25-9-13-8-12(22)6-7-23-13/h1-3,11-13,23H,4-10H2. The topological polar surface area (TPSA) is 47.3 Å². The summed E-state index contributed by atoms with van der Waals surface area (Å²) in [7, 11) is 0. The van der Waals surface area contributed by atoms with E-state index in [2.05, 4.69) is 10.5 Å². The van der Waals surface area contributed by atoms with Crippen LogP contribution in [-0.2, 0) is 11.3 Å². The number of hydrogen-bond acceptors (Lipinski definition) is 4. The van der Waals surface area contributed by atoms with Gasteiger partial charge < -0.3 is 14.6 Å². The number of benzene rings is 1. The van der Waals surface area contributed by atoms with Crippen LogP contribution in [0.15, 0.2) is 22.7 Å². The molecule has 1 saturated heterocycles. The second-order valence-corrected chi connectivity index (χ2v) is 7.85. The molecule has 0 amide bonds. The highest BCUT2D eigenvalue weighted by molar-refractivity contribution is 6.39. The normalized spacial score (nSPS) is 23.3. The molecule has 0 bridgehead atoms. The summed E-state index contributed by atoms with van der Waals surface area (Å²) in [5, 5.41) is 8.61. The number of aromatic nitrogens is 1. The molecule has 0 spiro atoms. The lowest BCUT2D eigenvalue weighted by atomic mass is 10.0. The van der Waals surface area contributed by atoms with Crippen LogP contribution >= 0.6 is 23.2 Å². The van der Waals surface area contributed by atoms with Crippen LogP contribution in [0.3, 0.4) is 0 Å². The number of ether oxygens (including phenoxy) is 1. The Kier molecular flexibility index (Phi) is 5.50. The van der Waals surface area contributed by atoms with Crippen molar-refractivity contribution in [1.29, 1.82) is 0 Å². The van der Waals surface area contributed by atoms with E-state index in [0.717, 1.165) is 24.2 Å². The predicted molar refractivity (Wildman–Crippen MR) is 99.5 cm³/mol. The minimum atomic E-state index is -0.750. The van der Waals surface area contributed by atoms with Crippen LogP contribution in [0.1, 0.15) is 42.9 Å². The van der Waals surface area contributed by atoms with Gasteiger partial charge in [0, 0.05) is 23.1 Å². The zero-order valence-corrected chi connectivity index (χ0v) is 15.8. The van der Waals surface area contributed by atoms with Crippen molar-refractivity contribution in [3.05, 3.63) is 39.6 Å². The molecule has 4 nitrogen and oxygen atoms in total. The Hall–Kier alpha value is -1.14. The fourth-order valence-corrected chi connectivity index (χ4v) is 4.01. The molecule has 1 saturated carbocycles. The number of alkyl halides is 1. The Bertz CT molecular complexity index is 759. The van der Waals surface area contributed by atoms with Gasteiger partial charge in [-0.15, -0.1) is 0 Å². The molecule has 1 N–H and O–H groups in total. The van der Waals surface area contributed by atoms with Gasteiger partial charge in [0.05, 0.1) is 23.3 Å². The molecular formula is C19H21Cl2FN2O2. The van der Waals surface area contributed by atoms with Crippen molar-refractivity contribution in [1.82, 2.24) is 10.5 Å². The average molecular weight is 399 g/mol. The number of rotatable bonds is 6. The summed E-state index contributed by atoms with van der Waals surface area (Å²) in [6.45, 7) is 1.49. The van der Waals surface area contributed by atoms with Crippen LogP contribution < -0.4 is 5.32 Å². The van der Waals surface area contributed by atoms with Crippen LogP contribution in [0.2, 0.25) is 10.0 Å². The monoisotopic (exact) mass is 398 g/mol. The first-order chi connectivity index (χ1) is 12.6. The van der Waals surface area contributed by atoms with Gasteiger partial charge in [-0.05, 0) is 44.4 Å². The third kappa shape index (κ3) is 3.91. The first-order valence-electron chi connectivity index (χ1n) is 9.01. The van der Waals surface area contributed by atoms with Crippen LogP contribution in [0.5, 0.6) is 0 Å². The van der Waals surface area contributed by atoms with Gasteiger partial charge in [-0.3, -0.25) is 0 Å². The summed E-state index contributed by atoms with van der Waals surface area (Å²) in [6, 6.07) is 5.41. The molecule has 2 heterocycles. The lowest BCUT2D eigenvalue weighted by Gasteiger charge is -2.25. The van der Waals surface area contributed by atoms with Crippen molar-refractivity contribution >= 4 is 23.2 Å². The Morgan fingerprint density at radius 2 is 2.00 bits per heavy atom. The second kappa shape index (κ2) is 7.85. The largest absolute Gasteiger partial charge is 0.375 e. The van der Waals surface area contributed by atoms with Gasteiger partial charge >= 0.3 is 0 Å². The van der Waals surface area contributed by atoms with E-state index in [1.54, 1.807) is 18.2 Å². The van der Waals surface area contributed by atoms with Crippen LogP contribution in [0.25, 0.3) is 11.3 Å². The van der Waals surface area contributed by atoms with Gasteiger partial charge in [0.25, 0.3) is 0 Å². The molecule has 26 heavy (non-hydrogen) atoms. The zero-order chi connectivity index (χ0) is 18.1. The van der Waals surface area contributed by atoms with Crippen molar-refractivity contribution in [3.63, 3.8) is 0 Å². The first kappa shape index (κ1) is 18.2. The Labute approximate surface area is 162 Å². The summed E-state index contributed by atoms with van der Waals surface area (Å²) in [5.74, 6) is 1.25. The molecule has 7 heteroatoms. The van der Waals surface area contributed by atoms with Gasteiger partial charge in [-0.25, -0.2) is 4.39 Å². The van der Waals surface area contributed by atoms with Crippen LogP contribution in [-0.4, -0.2) is 30.5 Å². The fourth-order valence-electron chi connectivity index (χ4n) is 3.43. The van der Waals surface area contributed by atoms with Crippen molar-refractivity contribution in [2.24, 2.45) is 0 Å². The van der Waals surface area contributed by atoms with Crippen molar-refractivity contribution in [3.8, 4) is 11.3 Å². The molecule has 2 unspecified atom stereocenters. The number of nitrogens with zero attached hydrogens (tertiary/aromatic N) is 1. The third-order valence-corrected chi connectivity index (χ3v) is 5.59. The minimum Gasteiger partial charge on any atom is -0.375 e.